The Bertz CT molecular complexity index is 821. The van der Waals surface area contributed by atoms with Crippen LogP contribution in [0.2, 0.25) is 0 Å². The Morgan fingerprint density at radius 1 is 1.24 bits per heavy atom. The molecule has 1 saturated carbocycles. The number of carbonyl (C=O) groups is 3. The molecule has 2 fully saturated rings. The zero-order valence-electron chi connectivity index (χ0n) is 16.4. The number of hydrogen-bond acceptors (Lipinski definition) is 3. The molecule has 3 rings (SSSR count). The number of nitrogens with zero attached hydrogens (tertiary/aromatic N) is 2. The van der Waals surface area contributed by atoms with E-state index in [9.17, 15) is 27.6 Å². The van der Waals surface area contributed by atoms with Crippen LogP contribution in [-0.4, -0.2) is 47.3 Å². The van der Waals surface area contributed by atoms with E-state index in [4.69, 9.17) is 0 Å². The summed E-state index contributed by atoms with van der Waals surface area (Å²) in [4.78, 5) is 40.3. The smallest absolute Gasteiger partial charge is 0.341 e. The summed E-state index contributed by atoms with van der Waals surface area (Å²) in [5.74, 6) is -1.11. The predicted molar refractivity (Wildman–Crippen MR) is 98.7 cm³/mol. The van der Waals surface area contributed by atoms with Gasteiger partial charge in [0, 0.05) is 13.1 Å². The highest BCUT2D eigenvalue weighted by Crippen LogP contribution is 2.34. The molecule has 1 aliphatic carbocycles. The normalized spacial score (nSPS) is 23.3. The van der Waals surface area contributed by atoms with E-state index < -0.39 is 35.8 Å². The molecule has 0 radical (unpaired) electrons. The molecule has 1 heterocycles. The summed E-state index contributed by atoms with van der Waals surface area (Å²) < 4.78 is 39.1. The minimum Gasteiger partial charge on any atom is -0.341 e. The largest absolute Gasteiger partial charge is 0.416 e. The van der Waals surface area contributed by atoms with Gasteiger partial charge in [-0.1, -0.05) is 31.4 Å². The van der Waals surface area contributed by atoms with E-state index in [0.717, 1.165) is 49.1 Å². The van der Waals surface area contributed by atoms with Gasteiger partial charge in [0.2, 0.25) is 5.91 Å². The van der Waals surface area contributed by atoms with Crippen molar-refractivity contribution >= 4 is 17.8 Å². The molecule has 0 unspecified atom stereocenters. The quantitative estimate of drug-likeness (QED) is 0.774. The maximum atomic E-state index is 13.0. The molecule has 9 heteroatoms. The fourth-order valence-electron chi connectivity index (χ4n) is 3.96. The number of hydrogen-bond donors (Lipinski definition) is 1. The van der Waals surface area contributed by atoms with Crippen molar-refractivity contribution in [3.05, 3.63) is 35.4 Å². The molecule has 4 amide bonds. The Kier molecular flexibility index (Phi) is 5.60. The van der Waals surface area contributed by atoms with Crippen LogP contribution in [0.1, 0.15) is 50.2 Å². The lowest BCUT2D eigenvalue weighted by molar-refractivity contribution is -0.139. The van der Waals surface area contributed by atoms with Gasteiger partial charge in [0.15, 0.2) is 0 Å². The van der Waals surface area contributed by atoms with Crippen molar-refractivity contribution in [2.45, 2.75) is 56.8 Å². The van der Waals surface area contributed by atoms with Crippen molar-refractivity contribution in [1.82, 2.24) is 15.1 Å². The predicted octanol–water partition coefficient (Wildman–Crippen LogP) is 3.26. The van der Waals surface area contributed by atoms with Crippen LogP contribution in [0.4, 0.5) is 18.0 Å². The molecule has 6 nitrogen and oxygen atoms in total. The van der Waals surface area contributed by atoms with Gasteiger partial charge in [0.05, 0.1) is 5.56 Å². The summed E-state index contributed by atoms with van der Waals surface area (Å²) in [6.07, 6.45) is 0.365. The molecule has 1 aliphatic heterocycles. The van der Waals surface area contributed by atoms with Gasteiger partial charge in [-0.2, -0.15) is 13.2 Å². The number of amides is 4. The second kappa shape index (κ2) is 7.68. The van der Waals surface area contributed by atoms with Crippen LogP contribution in [-0.2, 0) is 21.3 Å². The molecule has 1 aromatic rings. The highest BCUT2D eigenvalue weighted by molar-refractivity contribution is 6.09. The molecule has 0 aromatic heterocycles. The van der Waals surface area contributed by atoms with Crippen LogP contribution in [0.3, 0.4) is 0 Å². The number of nitrogens with one attached hydrogen (secondary N) is 1. The average molecular weight is 411 g/mol. The first-order valence-electron chi connectivity index (χ1n) is 9.61. The highest BCUT2D eigenvalue weighted by Gasteiger charge is 2.50. The first kappa shape index (κ1) is 21.1. The number of alkyl halides is 3. The second-order valence-corrected chi connectivity index (χ2v) is 7.82. The number of benzene rings is 1. The van der Waals surface area contributed by atoms with Crippen LogP contribution in [0.25, 0.3) is 0 Å². The first-order valence-corrected chi connectivity index (χ1v) is 9.61. The van der Waals surface area contributed by atoms with Crippen LogP contribution in [0.15, 0.2) is 24.3 Å². The number of urea groups is 1. The lowest BCUT2D eigenvalue weighted by Gasteiger charge is -2.32. The van der Waals surface area contributed by atoms with Gasteiger partial charge in [-0.15, -0.1) is 0 Å². The van der Waals surface area contributed by atoms with Crippen molar-refractivity contribution in [3.8, 4) is 0 Å². The van der Waals surface area contributed by atoms with Gasteiger partial charge < -0.3 is 10.2 Å². The molecular formula is C20H24F3N3O3. The van der Waals surface area contributed by atoms with E-state index in [0.29, 0.717) is 0 Å². The molecular weight excluding hydrogens is 387 g/mol. The van der Waals surface area contributed by atoms with Gasteiger partial charge in [0.25, 0.3) is 5.91 Å². The highest BCUT2D eigenvalue weighted by atomic mass is 19.4. The third-order valence-corrected chi connectivity index (χ3v) is 5.85. The Morgan fingerprint density at radius 2 is 1.90 bits per heavy atom. The summed E-state index contributed by atoms with van der Waals surface area (Å²) in [6, 6.07) is 3.57. The number of rotatable bonds is 4. The first-order chi connectivity index (χ1) is 13.5. The molecule has 1 aromatic carbocycles. The van der Waals surface area contributed by atoms with E-state index in [-0.39, 0.29) is 17.5 Å². The standard InChI is InChI=1S/C20H24F3N3O3/c1-19(13-7-6-8-14(11-13)20(21,22)23)17(28)26(18(29)24-19)12-16(27)25(2)15-9-4-3-5-10-15/h6-8,11,15H,3-5,9-10,12H2,1-2H3,(H,24,29)/t19-/m1/s1. The summed E-state index contributed by atoms with van der Waals surface area (Å²) in [6.45, 7) is 0.907. The van der Waals surface area contributed by atoms with Gasteiger partial charge in [-0.25, -0.2) is 4.79 Å². The SMILES string of the molecule is CN(C(=O)CN1C(=O)N[C@](C)(c2cccc(C(F)(F)F)c2)C1=O)C1CCCCC1. The van der Waals surface area contributed by atoms with Crippen molar-refractivity contribution in [3.63, 3.8) is 0 Å². The van der Waals surface area contributed by atoms with Gasteiger partial charge >= 0.3 is 12.2 Å². The summed E-state index contributed by atoms with van der Waals surface area (Å²) in [5.41, 5.74) is -2.56. The zero-order valence-corrected chi connectivity index (χ0v) is 16.4. The zero-order chi connectivity index (χ0) is 21.4. The molecule has 158 valence electrons. The molecule has 1 atom stereocenters. The molecule has 0 spiro atoms. The topological polar surface area (TPSA) is 69.7 Å². The van der Waals surface area contributed by atoms with Crippen LogP contribution >= 0.6 is 0 Å². The maximum Gasteiger partial charge on any atom is 0.416 e. The summed E-state index contributed by atoms with van der Waals surface area (Å²) in [7, 11) is 1.66. The van der Waals surface area contributed by atoms with Crippen LogP contribution < -0.4 is 5.32 Å². The van der Waals surface area contributed by atoms with Gasteiger partial charge in [-0.3, -0.25) is 14.5 Å². The Balaban J connectivity index is 1.77. The van der Waals surface area contributed by atoms with Crippen molar-refractivity contribution in [2.75, 3.05) is 13.6 Å². The number of imide groups is 1. The van der Waals surface area contributed by atoms with Crippen LogP contribution in [0.5, 0.6) is 0 Å². The Hall–Kier alpha value is -2.58. The average Bonchev–Trinajstić information content (AvgIpc) is 2.91. The van der Waals surface area contributed by atoms with E-state index in [1.54, 1.807) is 11.9 Å². The fourth-order valence-corrected chi connectivity index (χ4v) is 3.96. The number of likely N-dealkylation sites (N-methyl/N-ethyl adjacent to an activating group) is 1. The van der Waals surface area contributed by atoms with Gasteiger partial charge in [0.1, 0.15) is 12.1 Å². The summed E-state index contributed by atoms with van der Waals surface area (Å²) >= 11 is 0. The van der Waals surface area contributed by atoms with Crippen molar-refractivity contribution in [1.29, 1.82) is 0 Å². The van der Waals surface area contributed by atoms with E-state index in [1.165, 1.54) is 19.1 Å². The Morgan fingerprint density at radius 3 is 2.52 bits per heavy atom. The fraction of sp³-hybridized carbons (Fsp3) is 0.550. The number of carbonyl (C=O) groups excluding carboxylic acids is 3. The molecule has 29 heavy (non-hydrogen) atoms. The van der Waals surface area contributed by atoms with Crippen molar-refractivity contribution in [2.24, 2.45) is 0 Å². The lowest BCUT2D eigenvalue weighted by atomic mass is 9.90. The van der Waals surface area contributed by atoms with E-state index in [1.807, 2.05) is 0 Å². The number of halogens is 3. The van der Waals surface area contributed by atoms with Crippen LogP contribution in [0, 0.1) is 0 Å². The van der Waals surface area contributed by atoms with Crippen molar-refractivity contribution < 1.29 is 27.6 Å². The van der Waals surface area contributed by atoms with Gasteiger partial charge in [-0.05, 0) is 37.5 Å². The summed E-state index contributed by atoms with van der Waals surface area (Å²) in [5, 5.41) is 2.45. The third kappa shape index (κ3) is 4.09. The maximum absolute atomic E-state index is 13.0. The molecule has 1 saturated heterocycles. The molecule has 2 aliphatic rings. The lowest BCUT2D eigenvalue weighted by Crippen LogP contribution is -2.46. The Labute approximate surface area is 167 Å². The molecule has 1 N–H and O–H groups in total. The monoisotopic (exact) mass is 411 g/mol. The second-order valence-electron chi connectivity index (χ2n) is 7.82. The van der Waals surface area contributed by atoms with E-state index >= 15 is 0 Å². The molecule has 0 bridgehead atoms. The minimum atomic E-state index is -4.57. The minimum absolute atomic E-state index is 0.0151. The third-order valence-electron chi connectivity index (χ3n) is 5.85. The van der Waals surface area contributed by atoms with E-state index in [2.05, 4.69) is 5.32 Å².